The third-order valence-corrected chi connectivity index (χ3v) is 2.73. The molecule has 1 rings (SSSR count). The van der Waals surface area contributed by atoms with E-state index >= 15 is 0 Å². The van der Waals surface area contributed by atoms with Crippen LogP contribution in [0.15, 0.2) is 18.2 Å². The molecule has 0 radical (unpaired) electrons. The summed E-state index contributed by atoms with van der Waals surface area (Å²) in [5, 5.41) is 14.1. The summed E-state index contributed by atoms with van der Waals surface area (Å²) in [7, 11) is 5.38. The molecule has 6 heteroatoms. The van der Waals surface area contributed by atoms with Gasteiger partial charge in [-0.1, -0.05) is 6.92 Å². The van der Waals surface area contributed by atoms with Gasteiger partial charge in [-0.25, -0.2) is 0 Å². The van der Waals surface area contributed by atoms with E-state index in [1.165, 1.54) is 13.2 Å². The fourth-order valence-corrected chi connectivity index (χ4v) is 1.69. The highest BCUT2D eigenvalue weighted by molar-refractivity contribution is 5.64. The van der Waals surface area contributed by atoms with Crippen molar-refractivity contribution in [2.75, 3.05) is 26.5 Å². The molecule has 1 aromatic rings. The van der Waals surface area contributed by atoms with E-state index in [4.69, 9.17) is 4.74 Å². The molecule has 0 amide bonds. The zero-order chi connectivity index (χ0) is 13.7. The predicted octanol–water partition coefficient (Wildman–Crippen LogP) is 2.31. The SMILES string of the molecule is CCC(Nc1cc(OC)ccc1[N+](=O)[O-])N(C)C. The summed E-state index contributed by atoms with van der Waals surface area (Å²) in [5.74, 6) is 0.594. The van der Waals surface area contributed by atoms with Crippen LogP contribution in [0.25, 0.3) is 0 Å². The van der Waals surface area contributed by atoms with E-state index in [0.717, 1.165) is 6.42 Å². The van der Waals surface area contributed by atoms with Crippen LogP contribution in [-0.2, 0) is 0 Å². The van der Waals surface area contributed by atoms with Gasteiger partial charge in [0.15, 0.2) is 0 Å². The minimum Gasteiger partial charge on any atom is -0.497 e. The summed E-state index contributed by atoms with van der Waals surface area (Å²) in [6, 6.07) is 4.67. The van der Waals surface area contributed by atoms with Gasteiger partial charge in [0.1, 0.15) is 11.4 Å². The molecule has 1 N–H and O–H groups in total. The number of nitro groups is 1. The van der Waals surface area contributed by atoms with Gasteiger partial charge in [0, 0.05) is 12.1 Å². The lowest BCUT2D eigenvalue weighted by molar-refractivity contribution is -0.384. The van der Waals surface area contributed by atoms with E-state index < -0.39 is 4.92 Å². The number of benzene rings is 1. The molecule has 100 valence electrons. The first-order valence-corrected chi connectivity index (χ1v) is 5.75. The summed E-state index contributed by atoms with van der Waals surface area (Å²) in [6.07, 6.45) is 0.872. The fourth-order valence-electron chi connectivity index (χ4n) is 1.69. The molecule has 0 aliphatic rings. The van der Waals surface area contributed by atoms with Gasteiger partial charge in [-0.05, 0) is 26.6 Å². The number of hydrogen-bond acceptors (Lipinski definition) is 5. The fraction of sp³-hybridized carbons (Fsp3) is 0.500. The van der Waals surface area contributed by atoms with Gasteiger partial charge in [-0.2, -0.15) is 0 Å². The van der Waals surface area contributed by atoms with Gasteiger partial charge in [0.2, 0.25) is 0 Å². The molecule has 18 heavy (non-hydrogen) atoms. The summed E-state index contributed by atoms with van der Waals surface area (Å²) >= 11 is 0. The van der Waals surface area contributed by atoms with E-state index in [-0.39, 0.29) is 11.9 Å². The van der Waals surface area contributed by atoms with Gasteiger partial charge in [-0.15, -0.1) is 0 Å². The summed E-state index contributed by atoms with van der Waals surface area (Å²) in [6.45, 7) is 2.02. The summed E-state index contributed by atoms with van der Waals surface area (Å²) in [4.78, 5) is 12.5. The van der Waals surface area contributed by atoms with E-state index in [2.05, 4.69) is 5.32 Å². The van der Waals surface area contributed by atoms with Gasteiger partial charge in [0.25, 0.3) is 5.69 Å². The molecule has 0 aliphatic heterocycles. The molecule has 0 spiro atoms. The number of methoxy groups -OCH3 is 1. The molecule has 6 nitrogen and oxygen atoms in total. The lowest BCUT2D eigenvalue weighted by Gasteiger charge is -2.25. The van der Waals surface area contributed by atoms with Crippen molar-refractivity contribution in [3.05, 3.63) is 28.3 Å². The van der Waals surface area contributed by atoms with Crippen LogP contribution < -0.4 is 10.1 Å². The molecule has 0 heterocycles. The van der Waals surface area contributed by atoms with E-state index in [0.29, 0.717) is 11.4 Å². The zero-order valence-corrected chi connectivity index (χ0v) is 11.1. The number of nitrogens with zero attached hydrogens (tertiary/aromatic N) is 2. The highest BCUT2D eigenvalue weighted by Crippen LogP contribution is 2.29. The van der Waals surface area contributed by atoms with Gasteiger partial charge >= 0.3 is 0 Å². The van der Waals surface area contributed by atoms with Crippen LogP contribution in [-0.4, -0.2) is 37.2 Å². The second-order valence-corrected chi connectivity index (χ2v) is 4.17. The Hall–Kier alpha value is -1.82. The molecule has 0 saturated heterocycles. The highest BCUT2D eigenvalue weighted by atomic mass is 16.6. The monoisotopic (exact) mass is 253 g/mol. The topological polar surface area (TPSA) is 67.6 Å². The van der Waals surface area contributed by atoms with Crippen molar-refractivity contribution in [1.29, 1.82) is 0 Å². The van der Waals surface area contributed by atoms with Crippen LogP contribution in [0.2, 0.25) is 0 Å². The second kappa shape index (κ2) is 6.20. The Morgan fingerprint density at radius 2 is 2.17 bits per heavy atom. The number of nitrogens with one attached hydrogen (secondary N) is 1. The van der Waals surface area contributed by atoms with Crippen molar-refractivity contribution in [3.8, 4) is 5.75 Å². The third-order valence-electron chi connectivity index (χ3n) is 2.73. The first-order chi connectivity index (χ1) is 8.49. The van der Waals surface area contributed by atoms with Crippen molar-refractivity contribution < 1.29 is 9.66 Å². The van der Waals surface area contributed by atoms with Crippen molar-refractivity contribution in [2.45, 2.75) is 19.5 Å². The van der Waals surface area contributed by atoms with E-state index in [9.17, 15) is 10.1 Å². The number of nitro benzene ring substituents is 1. The lowest BCUT2D eigenvalue weighted by Crippen LogP contribution is -2.34. The molecular formula is C12H19N3O3. The highest BCUT2D eigenvalue weighted by Gasteiger charge is 2.18. The largest absolute Gasteiger partial charge is 0.497 e. The Kier molecular flexibility index (Phi) is 4.91. The average Bonchev–Trinajstić information content (AvgIpc) is 2.34. The van der Waals surface area contributed by atoms with E-state index in [1.807, 2.05) is 25.9 Å². The predicted molar refractivity (Wildman–Crippen MR) is 71.0 cm³/mol. The molecule has 1 atom stereocenters. The molecular weight excluding hydrogens is 234 g/mol. The smallest absolute Gasteiger partial charge is 0.292 e. The Morgan fingerprint density at radius 1 is 1.50 bits per heavy atom. The van der Waals surface area contributed by atoms with Crippen LogP contribution in [0.1, 0.15) is 13.3 Å². The third kappa shape index (κ3) is 3.33. The Morgan fingerprint density at radius 3 is 2.61 bits per heavy atom. The molecule has 1 unspecified atom stereocenters. The second-order valence-electron chi connectivity index (χ2n) is 4.17. The molecule has 0 saturated carbocycles. The van der Waals surface area contributed by atoms with Crippen LogP contribution in [0, 0.1) is 10.1 Å². The van der Waals surface area contributed by atoms with Crippen LogP contribution in [0.5, 0.6) is 5.75 Å². The lowest BCUT2D eigenvalue weighted by atomic mass is 10.2. The van der Waals surface area contributed by atoms with Gasteiger partial charge in [-0.3, -0.25) is 15.0 Å². The summed E-state index contributed by atoms with van der Waals surface area (Å²) in [5.41, 5.74) is 0.524. The van der Waals surface area contributed by atoms with Crippen molar-refractivity contribution in [1.82, 2.24) is 4.90 Å². The van der Waals surface area contributed by atoms with Crippen LogP contribution in [0.3, 0.4) is 0 Å². The summed E-state index contributed by atoms with van der Waals surface area (Å²) < 4.78 is 5.09. The Balaban J connectivity index is 3.07. The van der Waals surface area contributed by atoms with Crippen molar-refractivity contribution in [3.63, 3.8) is 0 Å². The van der Waals surface area contributed by atoms with Gasteiger partial charge in [0.05, 0.1) is 18.2 Å². The maximum atomic E-state index is 11.0. The standard InChI is InChI=1S/C12H19N3O3/c1-5-12(14(2)3)13-10-8-9(18-4)6-7-11(10)15(16)17/h6-8,12-13H,5H2,1-4H3. The Labute approximate surface area is 107 Å². The van der Waals surface area contributed by atoms with E-state index in [1.54, 1.807) is 12.1 Å². The molecule has 0 aliphatic carbocycles. The first kappa shape index (κ1) is 14.2. The van der Waals surface area contributed by atoms with Crippen LogP contribution in [0.4, 0.5) is 11.4 Å². The zero-order valence-electron chi connectivity index (χ0n) is 11.1. The average molecular weight is 253 g/mol. The van der Waals surface area contributed by atoms with Crippen LogP contribution >= 0.6 is 0 Å². The number of hydrogen-bond donors (Lipinski definition) is 1. The number of anilines is 1. The quantitative estimate of drug-likeness (QED) is 0.478. The Bertz CT molecular complexity index is 421. The van der Waals surface area contributed by atoms with Crippen molar-refractivity contribution >= 4 is 11.4 Å². The van der Waals surface area contributed by atoms with Crippen molar-refractivity contribution in [2.24, 2.45) is 0 Å². The molecule has 0 bridgehead atoms. The maximum Gasteiger partial charge on any atom is 0.292 e. The molecule has 0 fully saturated rings. The first-order valence-electron chi connectivity index (χ1n) is 5.75. The number of ether oxygens (including phenoxy) is 1. The minimum atomic E-state index is -0.399. The minimum absolute atomic E-state index is 0.0378. The number of rotatable bonds is 6. The van der Waals surface area contributed by atoms with Gasteiger partial charge < -0.3 is 10.1 Å². The molecule has 1 aromatic carbocycles. The normalized spacial score (nSPS) is 12.3. The molecule has 0 aromatic heterocycles. The maximum absolute atomic E-state index is 11.0.